The van der Waals surface area contributed by atoms with Crippen molar-refractivity contribution in [2.24, 2.45) is 0 Å². The van der Waals surface area contributed by atoms with Crippen LogP contribution in [0.4, 0.5) is 0 Å². The summed E-state index contributed by atoms with van der Waals surface area (Å²) in [7, 11) is 0. The second-order valence-electron chi connectivity index (χ2n) is 6.35. The summed E-state index contributed by atoms with van der Waals surface area (Å²) in [6.45, 7) is 7.71. The Balaban J connectivity index is 1.97. The minimum absolute atomic E-state index is 0.627. The molecule has 0 fully saturated rings. The number of aryl methyl sites for hydroxylation is 2. The number of fused-ring (bicyclic) bond motifs is 1. The van der Waals surface area contributed by atoms with Gasteiger partial charge in [0, 0.05) is 12.0 Å². The molecule has 4 rings (SSSR count). The van der Waals surface area contributed by atoms with Crippen molar-refractivity contribution in [3.63, 3.8) is 0 Å². The molecule has 1 heterocycles. The van der Waals surface area contributed by atoms with Gasteiger partial charge in [0.05, 0.1) is 0 Å². The zero-order valence-electron chi connectivity index (χ0n) is 13.3. The molecule has 0 unspecified atom stereocenters. The molecular weight excluding hydrogens is 272 g/mol. The summed E-state index contributed by atoms with van der Waals surface area (Å²) in [5, 5.41) is 0. The van der Waals surface area contributed by atoms with Gasteiger partial charge in [0.15, 0.2) is 5.76 Å². The maximum atomic E-state index is 6.01. The lowest BCUT2D eigenvalue weighted by atomic mass is 9.86. The van der Waals surface area contributed by atoms with E-state index < -0.39 is 0 Å². The third-order valence-corrected chi connectivity index (χ3v) is 4.34. The number of allylic oxidation sites excluding steroid dienone is 6. The van der Waals surface area contributed by atoms with E-state index in [1.165, 1.54) is 39.0 Å². The van der Waals surface area contributed by atoms with Gasteiger partial charge in [-0.05, 0) is 37.5 Å². The van der Waals surface area contributed by atoms with Gasteiger partial charge in [0.25, 0.3) is 0 Å². The highest BCUT2D eigenvalue weighted by Gasteiger charge is 2.31. The van der Waals surface area contributed by atoms with Crippen molar-refractivity contribution >= 4 is 5.57 Å². The maximum Gasteiger partial charge on any atom is 0.165 e. The van der Waals surface area contributed by atoms with Gasteiger partial charge in [-0.1, -0.05) is 47.1 Å². The van der Waals surface area contributed by atoms with Crippen LogP contribution in [-0.4, -0.2) is 13.2 Å². The van der Waals surface area contributed by atoms with E-state index in [1.54, 1.807) is 0 Å². The molecule has 0 spiro atoms. The Hall–Kier alpha value is -2.22. The molecular formula is C20H20O2. The van der Waals surface area contributed by atoms with E-state index in [4.69, 9.17) is 9.47 Å². The number of ether oxygens (including phenoxy) is 2. The molecule has 1 aromatic rings. The number of hydrogen-bond donors (Lipinski definition) is 0. The van der Waals surface area contributed by atoms with Crippen LogP contribution in [0.3, 0.4) is 0 Å². The second-order valence-corrected chi connectivity index (χ2v) is 6.35. The minimum Gasteiger partial charge on any atom is -0.490 e. The van der Waals surface area contributed by atoms with Crippen LogP contribution in [0.2, 0.25) is 0 Å². The Morgan fingerprint density at radius 3 is 2.36 bits per heavy atom. The molecule has 0 amide bonds. The first-order chi connectivity index (χ1) is 10.6. The summed E-state index contributed by atoms with van der Waals surface area (Å²) in [6, 6.07) is 6.68. The van der Waals surface area contributed by atoms with Crippen LogP contribution < -0.4 is 0 Å². The smallest absolute Gasteiger partial charge is 0.165 e. The highest BCUT2D eigenvalue weighted by atomic mass is 16.6. The van der Waals surface area contributed by atoms with Gasteiger partial charge in [-0.25, -0.2) is 0 Å². The summed E-state index contributed by atoms with van der Waals surface area (Å²) in [6.07, 6.45) is 5.37. The van der Waals surface area contributed by atoms with Crippen LogP contribution in [-0.2, 0) is 9.47 Å². The lowest BCUT2D eigenvalue weighted by Gasteiger charge is -2.29. The Kier molecular flexibility index (Phi) is 3.00. The molecule has 2 aliphatic carbocycles. The molecule has 0 saturated heterocycles. The predicted molar refractivity (Wildman–Crippen MR) is 88.2 cm³/mol. The standard InChI is InChI=1S/C20H20O2/c1-12-6-13(2)9-16(8-12)19-17-10-14(3)7-15(17)11-18-20(19)22-5-4-21-18/h6-10H,4-5,11H2,1-3H3. The fraction of sp³-hybridized carbons (Fsp3) is 0.300. The molecule has 0 saturated carbocycles. The molecule has 1 aliphatic heterocycles. The number of rotatable bonds is 1. The normalized spacial score (nSPS) is 20.0. The Morgan fingerprint density at radius 2 is 1.59 bits per heavy atom. The first kappa shape index (κ1) is 13.4. The first-order valence-corrected chi connectivity index (χ1v) is 7.83. The van der Waals surface area contributed by atoms with Crippen LogP contribution in [0.5, 0.6) is 0 Å². The summed E-state index contributed by atoms with van der Waals surface area (Å²) >= 11 is 0. The predicted octanol–water partition coefficient (Wildman–Crippen LogP) is 4.61. The van der Waals surface area contributed by atoms with Crippen molar-refractivity contribution in [2.75, 3.05) is 13.2 Å². The van der Waals surface area contributed by atoms with E-state index in [0.29, 0.717) is 13.2 Å². The fourth-order valence-electron chi connectivity index (χ4n) is 3.59. The van der Waals surface area contributed by atoms with Crippen molar-refractivity contribution in [1.82, 2.24) is 0 Å². The van der Waals surface area contributed by atoms with Crippen LogP contribution in [0.1, 0.15) is 30.0 Å². The molecule has 112 valence electrons. The second kappa shape index (κ2) is 4.91. The van der Waals surface area contributed by atoms with Crippen molar-refractivity contribution in [3.05, 3.63) is 75.3 Å². The Morgan fingerprint density at radius 1 is 0.864 bits per heavy atom. The summed E-state index contributed by atoms with van der Waals surface area (Å²) in [4.78, 5) is 0. The molecule has 3 aliphatic rings. The molecule has 0 radical (unpaired) electrons. The zero-order valence-corrected chi connectivity index (χ0v) is 13.3. The van der Waals surface area contributed by atoms with Crippen molar-refractivity contribution in [2.45, 2.75) is 27.2 Å². The van der Waals surface area contributed by atoms with Gasteiger partial charge in [0.1, 0.15) is 19.0 Å². The van der Waals surface area contributed by atoms with Gasteiger partial charge < -0.3 is 9.47 Å². The molecule has 0 bridgehead atoms. The monoisotopic (exact) mass is 292 g/mol. The van der Waals surface area contributed by atoms with E-state index in [1.807, 2.05) is 0 Å². The van der Waals surface area contributed by atoms with E-state index in [2.05, 4.69) is 51.1 Å². The van der Waals surface area contributed by atoms with Crippen molar-refractivity contribution in [3.8, 4) is 0 Å². The first-order valence-electron chi connectivity index (χ1n) is 7.83. The lowest BCUT2D eigenvalue weighted by molar-refractivity contribution is 0.0676. The van der Waals surface area contributed by atoms with E-state index in [0.717, 1.165) is 17.9 Å². The topological polar surface area (TPSA) is 18.5 Å². The lowest BCUT2D eigenvalue weighted by Crippen LogP contribution is -2.19. The molecule has 0 N–H and O–H groups in total. The van der Waals surface area contributed by atoms with Crippen LogP contribution in [0.15, 0.2) is 58.6 Å². The molecule has 2 heteroatoms. The van der Waals surface area contributed by atoms with Gasteiger partial charge in [-0.3, -0.25) is 0 Å². The van der Waals surface area contributed by atoms with E-state index >= 15 is 0 Å². The zero-order chi connectivity index (χ0) is 15.3. The molecule has 2 nitrogen and oxygen atoms in total. The van der Waals surface area contributed by atoms with Crippen LogP contribution >= 0.6 is 0 Å². The summed E-state index contributed by atoms with van der Waals surface area (Å²) in [5.41, 5.74) is 8.90. The highest BCUT2D eigenvalue weighted by molar-refractivity contribution is 5.88. The fourth-order valence-corrected chi connectivity index (χ4v) is 3.59. The summed E-state index contributed by atoms with van der Waals surface area (Å²) in [5.74, 6) is 1.92. The van der Waals surface area contributed by atoms with E-state index in [9.17, 15) is 0 Å². The van der Waals surface area contributed by atoms with Crippen molar-refractivity contribution < 1.29 is 9.47 Å². The minimum atomic E-state index is 0.627. The average Bonchev–Trinajstić information content (AvgIpc) is 2.82. The largest absolute Gasteiger partial charge is 0.490 e. The number of benzene rings is 1. The molecule has 0 aromatic heterocycles. The van der Waals surface area contributed by atoms with Gasteiger partial charge in [-0.2, -0.15) is 0 Å². The third kappa shape index (κ3) is 2.10. The van der Waals surface area contributed by atoms with Crippen LogP contribution in [0.25, 0.3) is 5.57 Å². The maximum absolute atomic E-state index is 6.01. The number of hydrogen-bond acceptors (Lipinski definition) is 2. The average molecular weight is 292 g/mol. The van der Waals surface area contributed by atoms with E-state index in [-0.39, 0.29) is 0 Å². The Bertz CT molecular complexity index is 768. The molecule has 22 heavy (non-hydrogen) atoms. The SMILES string of the molecule is CC1=CC2=C(c3cc(C)cc(C)c3)C3=C(CC2=C1)OCCO3. The quantitative estimate of drug-likeness (QED) is 0.753. The Labute approximate surface area is 131 Å². The van der Waals surface area contributed by atoms with Gasteiger partial charge in [0.2, 0.25) is 0 Å². The summed E-state index contributed by atoms with van der Waals surface area (Å²) < 4.78 is 11.9. The van der Waals surface area contributed by atoms with Crippen molar-refractivity contribution in [1.29, 1.82) is 0 Å². The van der Waals surface area contributed by atoms with Crippen LogP contribution in [0, 0.1) is 13.8 Å². The molecule has 1 aromatic carbocycles. The highest BCUT2D eigenvalue weighted by Crippen LogP contribution is 2.45. The third-order valence-electron chi connectivity index (χ3n) is 4.34. The molecule has 0 atom stereocenters. The van der Waals surface area contributed by atoms with Gasteiger partial charge >= 0.3 is 0 Å². The van der Waals surface area contributed by atoms with Gasteiger partial charge in [-0.15, -0.1) is 0 Å².